The summed E-state index contributed by atoms with van der Waals surface area (Å²) in [6.45, 7) is 6.72. The number of rotatable bonds is 3. The first-order valence-electron chi connectivity index (χ1n) is 7.02. The number of nitrogens with zero attached hydrogens (tertiary/aromatic N) is 1. The molecule has 0 spiro atoms. The lowest BCUT2D eigenvalue weighted by molar-refractivity contribution is 0.230. The van der Waals surface area contributed by atoms with Crippen LogP contribution in [0, 0.1) is 5.82 Å². The van der Waals surface area contributed by atoms with Crippen LogP contribution in [0.25, 0.3) is 0 Å². The Morgan fingerprint density at radius 3 is 2.79 bits per heavy atom. The van der Waals surface area contributed by atoms with Crippen LogP contribution in [0.5, 0.6) is 0 Å². The van der Waals surface area contributed by atoms with E-state index in [1.165, 1.54) is 12.5 Å². The predicted molar refractivity (Wildman–Crippen MR) is 82.1 cm³/mol. The Morgan fingerprint density at radius 2 is 2.11 bits per heavy atom. The molecular formula is C15H22BrFN2. The summed E-state index contributed by atoms with van der Waals surface area (Å²) in [5, 5.41) is 3.35. The molecule has 2 nitrogen and oxygen atoms in total. The van der Waals surface area contributed by atoms with E-state index in [1.807, 2.05) is 12.1 Å². The van der Waals surface area contributed by atoms with Crippen LogP contribution in [0.15, 0.2) is 22.7 Å². The first kappa shape index (κ1) is 14.8. The van der Waals surface area contributed by atoms with Gasteiger partial charge >= 0.3 is 0 Å². The minimum atomic E-state index is -0.181. The summed E-state index contributed by atoms with van der Waals surface area (Å²) in [5.41, 5.74) is 0.617. The number of halogens is 2. The minimum absolute atomic E-state index is 0.181. The Hall–Kier alpha value is -0.610. The summed E-state index contributed by atoms with van der Waals surface area (Å²) in [7, 11) is 0. The number of hydrogen-bond acceptors (Lipinski definition) is 2. The second-order valence-electron chi connectivity index (χ2n) is 5.53. The van der Waals surface area contributed by atoms with E-state index < -0.39 is 0 Å². The normalized spacial score (nSPS) is 21.4. The van der Waals surface area contributed by atoms with Gasteiger partial charge in [-0.25, -0.2) is 4.39 Å². The quantitative estimate of drug-likeness (QED) is 0.891. The lowest BCUT2D eigenvalue weighted by Crippen LogP contribution is -2.32. The van der Waals surface area contributed by atoms with Gasteiger partial charge < -0.3 is 10.2 Å². The van der Waals surface area contributed by atoms with Crippen molar-refractivity contribution >= 4 is 21.6 Å². The van der Waals surface area contributed by atoms with E-state index in [4.69, 9.17) is 0 Å². The molecule has 1 saturated heterocycles. The lowest BCUT2D eigenvalue weighted by atomic mass is 10.1. The Morgan fingerprint density at radius 1 is 1.32 bits per heavy atom. The standard InChI is InChI=1S/C15H22BrFN2/c1-11(2)19-8-3-4-13(7-9-19)18-15-6-5-12(16)10-14(15)17/h5-6,10-11,13,18H,3-4,7-9H2,1-2H3. The highest BCUT2D eigenvalue weighted by Gasteiger charge is 2.19. The second kappa shape index (κ2) is 6.71. The zero-order valence-corrected chi connectivity index (χ0v) is 13.2. The summed E-state index contributed by atoms with van der Waals surface area (Å²) in [6.07, 6.45) is 3.36. The summed E-state index contributed by atoms with van der Waals surface area (Å²) in [6, 6.07) is 6.18. The SMILES string of the molecule is CC(C)N1CCCC(Nc2ccc(Br)cc2F)CC1. The number of benzene rings is 1. The largest absolute Gasteiger partial charge is 0.380 e. The molecule has 2 rings (SSSR count). The van der Waals surface area contributed by atoms with Gasteiger partial charge in [-0.3, -0.25) is 0 Å². The average Bonchev–Trinajstić information content (AvgIpc) is 2.58. The van der Waals surface area contributed by atoms with Gasteiger partial charge in [0.15, 0.2) is 0 Å². The Balaban J connectivity index is 1.96. The zero-order valence-electron chi connectivity index (χ0n) is 11.6. The molecule has 0 aliphatic carbocycles. The number of nitrogens with one attached hydrogen (secondary N) is 1. The molecule has 0 aromatic heterocycles. The predicted octanol–water partition coefficient (Wildman–Crippen LogP) is 4.26. The maximum atomic E-state index is 13.8. The van der Waals surface area contributed by atoms with E-state index in [0.29, 0.717) is 17.8 Å². The maximum Gasteiger partial charge on any atom is 0.147 e. The third-order valence-corrected chi connectivity index (χ3v) is 4.28. The molecule has 1 fully saturated rings. The summed E-state index contributed by atoms with van der Waals surface area (Å²) >= 11 is 3.28. The van der Waals surface area contributed by atoms with Crippen LogP contribution in [0.1, 0.15) is 33.1 Å². The molecule has 1 N–H and O–H groups in total. The van der Waals surface area contributed by atoms with Crippen molar-refractivity contribution < 1.29 is 4.39 Å². The smallest absolute Gasteiger partial charge is 0.147 e. The minimum Gasteiger partial charge on any atom is -0.380 e. The van der Waals surface area contributed by atoms with Gasteiger partial charge in [-0.05, 0) is 57.9 Å². The van der Waals surface area contributed by atoms with E-state index in [-0.39, 0.29) is 5.82 Å². The van der Waals surface area contributed by atoms with Crippen LogP contribution in [-0.4, -0.2) is 30.1 Å². The fraction of sp³-hybridized carbons (Fsp3) is 0.600. The van der Waals surface area contributed by atoms with E-state index in [2.05, 4.69) is 40.0 Å². The van der Waals surface area contributed by atoms with E-state index in [9.17, 15) is 4.39 Å². The molecular weight excluding hydrogens is 307 g/mol. The first-order valence-corrected chi connectivity index (χ1v) is 7.81. The molecule has 0 saturated carbocycles. The number of hydrogen-bond donors (Lipinski definition) is 1. The van der Waals surface area contributed by atoms with Crippen LogP contribution >= 0.6 is 15.9 Å². The molecule has 1 aliphatic rings. The molecule has 0 radical (unpaired) electrons. The Kier molecular flexibility index (Phi) is 5.22. The van der Waals surface area contributed by atoms with Crippen molar-refractivity contribution in [1.82, 2.24) is 4.90 Å². The molecule has 4 heteroatoms. The fourth-order valence-electron chi connectivity index (χ4n) is 2.61. The Bertz CT molecular complexity index is 423. The Labute approximate surface area is 123 Å². The molecule has 1 aromatic carbocycles. The number of likely N-dealkylation sites (tertiary alicyclic amines) is 1. The molecule has 1 unspecified atom stereocenters. The van der Waals surface area contributed by atoms with Crippen LogP contribution in [0.3, 0.4) is 0 Å². The third-order valence-electron chi connectivity index (χ3n) is 3.78. The molecule has 19 heavy (non-hydrogen) atoms. The molecule has 106 valence electrons. The van der Waals surface area contributed by atoms with Crippen molar-refractivity contribution in [3.05, 3.63) is 28.5 Å². The number of anilines is 1. The van der Waals surface area contributed by atoms with Crippen molar-refractivity contribution in [1.29, 1.82) is 0 Å². The monoisotopic (exact) mass is 328 g/mol. The highest BCUT2D eigenvalue weighted by Crippen LogP contribution is 2.23. The molecule has 1 atom stereocenters. The highest BCUT2D eigenvalue weighted by atomic mass is 79.9. The van der Waals surface area contributed by atoms with Gasteiger partial charge in [-0.2, -0.15) is 0 Å². The van der Waals surface area contributed by atoms with Crippen LogP contribution in [-0.2, 0) is 0 Å². The van der Waals surface area contributed by atoms with E-state index >= 15 is 0 Å². The topological polar surface area (TPSA) is 15.3 Å². The highest BCUT2D eigenvalue weighted by molar-refractivity contribution is 9.10. The van der Waals surface area contributed by atoms with Gasteiger partial charge in [0.25, 0.3) is 0 Å². The molecule has 0 amide bonds. The van der Waals surface area contributed by atoms with Gasteiger partial charge in [-0.15, -0.1) is 0 Å². The van der Waals surface area contributed by atoms with Gasteiger partial charge in [0, 0.05) is 23.1 Å². The van der Waals surface area contributed by atoms with Crippen LogP contribution in [0.2, 0.25) is 0 Å². The zero-order chi connectivity index (χ0) is 13.8. The lowest BCUT2D eigenvalue weighted by Gasteiger charge is -2.24. The van der Waals surface area contributed by atoms with Crippen molar-refractivity contribution in [3.8, 4) is 0 Å². The van der Waals surface area contributed by atoms with Gasteiger partial charge in [0.1, 0.15) is 5.82 Å². The summed E-state index contributed by atoms with van der Waals surface area (Å²) in [4.78, 5) is 2.50. The van der Waals surface area contributed by atoms with E-state index in [0.717, 1.165) is 30.4 Å². The maximum absolute atomic E-state index is 13.8. The van der Waals surface area contributed by atoms with Crippen molar-refractivity contribution in [2.24, 2.45) is 0 Å². The summed E-state index contributed by atoms with van der Waals surface area (Å²) in [5.74, 6) is -0.181. The molecule has 1 aliphatic heterocycles. The van der Waals surface area contributed by atoms with Crippen molar-refractivity contribution in [2.75, 3.05) is 18.4 Å². The second-order valence-corrected chi connectivity index (χ2v) is 6.44. The molecule has 1 heterocycles. The molecule has 1 aromatic rings. The van der Waals surface area contributed by atoms with Crippen LogP contribution in [0.4, 0.5) is 10.1 Å². The summed E-state index contributed by atoms with van der Waals surface area (Å²) < 4.78 is 14.6. The van der Waals surface area contributed by atoms with Gasteiger partial charge in [0.2, 0.25) is 0 Å². The van der Waals surface area contributed by atoms with Gasteiger partial charge in [0.05, 0.1) is 5.69 Å². The van der Waals surface area contributed by atoms with Gasteiger partial charge in [-0.1, -0.05) is 15.9 Å². The fourth-order valence-corrected chi connectivity index (χ4v) is 2.94. The van der Waals surface area contributed by atoms with Crippen LogP contribution < -0.4 is 5.32 Å². The molecule has 0 bridgehead atoms. The first-order chi connectivity index (χ1) is 9.06. The van der Waals surface area contributed by atoms with E-state index in [1.54, 1.807) is 0 Å². The van der Waals surface area contributed by atoms with Crippen molar-refractivity contribution in [3.63, 3.8) is 0 Å². The average molecular weight is 329 g/mol. The third kappa shape index (κ3) is 4.18. The van der Waals surface area contributed by atoms with Crippen molar-refractivity contribution in [2.45, 2.75) is 45.2 Å².